The van der Waals surface area contributed by atoms with Gasteiger partial charge in [0.05, 0.1) is 10.4 Å². The van der Waals surface area contributed by atoms with Crippen molar-refractivity contribution in [1.82, 2.24) is 14.6 Å². The summed E-state index contributed by atoms with van der Waals surface area (Å²) in [4.78, 5) is 24.4. The largest absolute Gasteiger partial charge is 0.419 e. The summed E-state index contributed by atoms with van der Waals surface area (Å²) in [5.41, 5.74) is 1.65. The predicted molar refractivity (Wildman–Crippen MR) is 123 cm³/mol. The van der Waals surface area contributed by atoms with Crippen molar-refractivity contribution in [3.63, 3.8) is 0 Å². The Balaban J connectivity index is 1.72. The van der Waals surface area contributed by atoms with E-state index in [2.05, 4.69) is 10.0 Å². The van der Waals surface area contributed by atoms with Gasteiger partial charge in [0.2, 0.25) is 15.9 Å². The molecule has 1 aromatic heterocycles. The summed E-state index contributed by atoms with van der Waals surface area (Å²) in [6.45, 7) is 4.18. The Kier molecular flexibility index (Phi) is 7.43. The summed E-state index contributed by atoms with van der Waals surface area (Å²) >= 11 is 5.88. The number of aryl methyl sites for hydroxylation is 1. The number of carbonyl (C=O) groups is 1. The Morgan fingerprint density at radius 2 is 1.84 bits per heavy atom. The second-order valence-corrected chi connectivity index (χ2v) is 10.2. The molecule has 1 amide bonds. The molecule has 3 aromatic rings. The van der Waals surface area contributed by atoms with Crippen LogP contribution in [0, 0.1) is 5.92 Å². The second kappa shape index (κ2) is 9.89. The number of hydrogen-bond donors (Lipinski definition) is 2. The highest BCUT2D eigenvalue weighted by atomic mass is 35.5. The molecule has 10 heteroatoms. The molecule has 0 fully saturated rings. The van der Waals surface area contributed by atoms with Gasteiger partial charge in [-0.25, -0.2) is 13.2 Å². The average molecular weight is 480 g/mol. The molecule has 0 saturated heterocycles. The van der Waals surface area contributed by atoms with Crippen molar-refractivity contribution in [3.8, 4) is 0 Å². The number of carbonyl (C=O) groups excluding carboxylic acids is 1. The third-order valence-corrected chi connectivity index (χ3v) is 6.74. The minimum Gasteiger partial charge on any atom is -0.408 e. The standard InChI is InChI=1S/C22H26ClN3O5S/c1-14(2)12-18(21(27)24-11-10-15-4-6-16(23)7-5-15)25-32(29,30)17-8-9-19-20(13-17)31-22(28)26(19)3/h4-9,13-14,18,25H,10-12H2,1-3H3,(H,24,27)/t18-/m0/s1. The Labute approximate surface area is 191 Å². The third-order valence-electron chi connectivity index (χ3n) is 5.02. The second-order valence-electron chi connectivity index (χ2n) is 8.03. The zero-order valence-corrected chi connectivity index (χ0v) is 19.7. The first-order chi connectivity index (χ1) is 15.1. The van der Waals surface area contributed by atoms with E-state index in [0.717, 1.165) is 5.56 Å². The average Bonchev–Trinajstić information content (AvgIpc) is 3.01. The van der Waals surface area contributed by atoms with Crippen LogP contribution in [0.15, 0.2) is 56.6 Å². The van der Waals surface area contributed by atoms with Crippen LogP contribution in [-0.4, -0.2) is 31.5 Å². The highest BCUT2D eigenvalue weighted by Crippen LogP contribution is 2.19. The first-order valence-electron chi connectivity index (χ1n) is 10.2. The summed E-state index contributed by atoms with van der Waals surface area (Å²) in [6, 6.07) is 10.5. The number of oxazole rings is 1. The zero-order valence-electron chi connectivity index (χ0n) is 18.1. The van der Waals surface area contributed by atoms with Crippen LogP contribution in [0.5, 0.6) is 0 Å². The molecule has 172 valence electrons. The monoisotopic (exact) mass is 479 g/mol. The maximum atomic E-state index is 13.0. The smallest absolute Gasteiger partial charge is 0.408 e. The van der Waals surface area contributed by atoms with Crippen molar-refractivity contribution in [1.29, 1.82) is 0 Å². The van der Waals surface area contributed by atoms with E-state index >= 15 is 0 Å². The number of rotatable bonds is 9. The molecular formula is C22H26ClN3O5S. The molecule has 0 bridgehead atoms. The van der Waals surface area contributed by atoms with Gasteiger partial charge in [0.15, 0.2) is 5.58 Å². The number of benzene rings is 2. The lowest BCUT2D eigenvalue weighted by Crippen LogP contribution is -2.47. The highest BCUT2D eigenvalue weighted by molar-refractivity contribution is 7.89. The van der Waals surface area contributed by atoms with Gasteiger partial charge in [0.1, 0.15) is 6.04 Å². The summed E-state index contributed by atoms with van der Waals surface area (Å²) in [7, 11) is -2.49. The normalized spacial score (nSPS) is 12.9. The third kappa shape index (κ3) is 5.79. The summed E-state index contributed by atoms with van der Waals surface area (Å²) < 4.78 is 34.8. The van der Waals surface area contributed by atoms with Crippen molar-refractivity contribution < 1.29 is 17.6 Å². The van der Waals surface area contributed by atoms with Gasteiger partial charge >= 0.3 is 5.76 Å². The summed E-state index contributed by atoms with van der Waals surface area (Å²) in [5.74, 6) is -0.900. The fraction of sp³-hybridized carbons (Fsp3) is 0.364. The fourth-order valence-corrected chi connectivity index (χ4v) is 4.67. The Morgan fingerprint density at radius 3 is 2.50 bits per heavy atom. The van der Waals surface area contributed by atoms with Crippen LogP contribution in [0.3, 0.4) is 0 Å². The Morgan fingerprint density at radius 1 is 1.16 bits per heavy atom. The number of nitrogens with one attached hydrogen (secondary N) is 2. The lowest BCUT2D eigenvalue weighted by Gasteiger charge is -2.20. The minimum atomic E-state index is -4.02. The van der Waals surface area contributed by atoms with Crippen LogP contribution in [-0.2, 0) is 28.3 Å². The van der Waals surface area contributed by atoms with Crippen LogP contribution < -0.4 is 15.8 Å². The predicted octanol–water partition coefficient (Wildman–Crippen LogP) is 2.84. The molecule has 0 unspecified atom stereocenters. The first kappa shape index (κ1) is 24.0. The molecule has 1 atom stereocenters. The van der Waals surface area contributed by atoms with Crippen LogP contribution >= 0.6 is 11.6 Å². The molecule has 1 heterocycles. The van der Waals surface area contributed by atoms with E-state index in [4.69, 9.17) is 16.0 Å². The lowest BCUT2D eigenvalue weighted by atomic mass is 10.0. The number of amides is 1. The van der Waals surface area contributed by atoms with Crippen molar-refractivity contribution in [2.24, 2.45) is 13.0 Å². The van der Waals surface area contributed by atoms with Gasteiger partial charge in [-0.15, -0.1) is 0 Å². The van der Waals surface area contributed by atoms with Crippen LogP contribution in [0.1, 0.15) is 25.8 Å². The van der Waals surface area contributed by atoms with Crippen LogP contribution in [0.2, 0.25) is 5.02 Å². The molecule has 0 radical (unpaired) electrons. The number of hydrogen-bond acceptors (Lipinski definition) is 5. The Hall–Kier alpha value is -2.62. The van der Waals surface area contributed by atoms with Gasteiger partial charge < -0.3 is 9.73 Å². The van der Waals surface area contributed by atoms with Crippen molar-refractivity contribution >= 4 is 38.6 Å². The lowest BCUT2D eigenvalue weighted by molar-refractivity contribution is -0.123. The van der Waals surface area contributed by atoms with Crippen LogP contribution in [0.25, 0.3) is 11.1 Å². The molecule has 0 aliphatic carbocycles. The zero-order chi connectivity index (χ0) is 23.5. The first-order valence-corrected chi connectivity index (χ1v) is 12.1. The van der Waals surface area contributed by atoms with Crippen molar-refractivity contribution in [2.45, 2.75) is 37.6 Å². The van der Waals surface area contributed by atoms with Gasteiger partial charge in [0.25, 0.3) is 0 Å². The topological polar surface area (TPSA) is 110 Å². The molecular weight excluding hydrogens is 454 g/mol. The maximum absolute atomic E-state index is 13.0. The minimum absolute atomic E-state index is 0.0814. The van der Waals surface area contributed by atoms with E-state index in [-0.39, 0.29) is 16.4 Å². The quantitative estimate of drug-likeness (QED) is 0.490. The van der Waals surface area contributed by atoms with Gasteiger partial charge in [-0.2, -0.15) is 4.72 Å². The van der Waals surface area contributed by atoms with E-state index in [9.17, 15) is 18.0 Å². The van der Waals surface area contributed by atoms with E-state index in [0.29, 0.717) is 29.9 Å². The van der Waals surface area contributed by atoms with E-state index in [1.165, 1.54) is 29.8 Å². The fourth-order valence-electron chi connectivity index (χ4n) is 3.32. The number of sulfonamides is 1. The molecule has 8 nitrogen and oxygen atoms in total. The highest BCUT2D eigenvalue weighted by Gasteiger charge is 2.27. The molecule has 2 aromatic carbocycles. The Bertz CT molecular complexity index is 1260. The molecule has 32 heavy (non-hydrogen) atoms. The molecule has 3 rings (SSSR count). The molecule has 0 saturated carbocycles. The van der Waals surface area contributed by atoms with E-state index in [1.807, 2.05) is 26.0 Å². The van der Waals surface area contributed by atoms with Crippen LogP contribution in [0.4, 0.5) is 0 Å². The number of halogens is 1. The van der Waals surface area contributed by atoms with Gasteiger partial charge in [-0.3, -0.25) is 9.36 Å². The van der Waals surface area contributed by atoms with Crippen molar-refractivity contribution in [3.05, 3.63) is 63.6 Å². The maximum Gasteiger partial charge on any atom is 0.419 e. The van der Waals surface area contributed by atoms with Gasteiger partial charge in [0, 0.05) is 24.7 Å². The number of fused-ring (bicyclic) bond motifs is 1. The summed E-state index contributed by atoms with van der Waals surface area (Å²) in [6.07, 6.45) is 0.919. The molecule has 0 aliphatic rings. The molecule has 0 aliphatic heterocycles. The van der Waals surface area contributed by atoms with E-state index < -0.39 is 27.7 Å². The number of aromatic nitrogens is 1. The van der Waals surface area contributed by atoms with Crippen molar-refractivity contribution in [2.75, 3.05) is 6.54 Å². The number of nitrogens with zero attached hydrogens (tertiary/aromatic N) is 1. The molecule has 0 spiro atoms. The SMILES string of the molecule is CC(C)C[C@H](NS(=O)(=O)c1ccc2c(c1)oc(=O)n2C)C(=O)NCCc1ccc(Cl)cc1. The van der Waals surface area contributed by atoms with Gasteiger partial charge in [-0.1, -0.05) is 37.6 Å². The van der Waals surface area contributed by atoms with E-state index in [1.54, 1.807) is 12.1 Å². The summed E-state index contributed by atoms with van der Waals surface area (Å²) in [5, 5.41) is 3.44. The molecule has 2 N–H and O–H groups in total. The van der Waals surface area contributed by atoms with Gasteiger partial charge in [-0.05, 0) is 48.6 Å².